The molecule has 5 aliphatic rings. The van der Waals surface area contributed by atoms with E-state index in [1.165, 1.54) is 84.3 Å². The molecule has 0 spiro atoms. The van der Waals surface area contributed by atoms with Crippen molar-refractivity contribution in [2.75, 3.05) is 4.90 Å². The highest BCUT2D eigenvalue weighted by Gasteiger charge is 2.41. The molecule has 0 N–H and O–H groups in total. The van der Waals surface area contributed by atoms with Gasteiger partial charge in [0.1, 0.15) is 0 Å². The quantitative estimate of drug-likeness (QED) is 0.166. The Labute approximate surface area is 330 Å². The molecule has 2 nitrogen and oxygen atoms in total. The maximum Gasteiger partial charge on any atom is 0.0541 e. The fourth-order valence-corrected chi connectivity index (χ4v) is 10.4. The summed E-state index contributed by atoms with van der Waals surface area (Å²) in [5.74, 6) is 0.762. The molecule has 0 radical (unpaired) electrons. The highest BCUT2D eigenvalue weighted by atomic mass is 15.2. The van der Waals surface area contributed by atoms with Crippen molar-refractivity contribution >= 4 is 44.3 Å². The van der Waals surface area contributed by atoms with Gasteiger partial charge in [-0.05, 0) is 126 Å². The predicted octanol–water partition coefficient (Wildman–Crippen LogP) is 13.9. The zero-order chi connectivity index (χ0) is 37.0. The molecular formula is C54H46N2. The molecule has 3 unspecified atom stereocenters. The van der Waals surface area contributed by atoms with Crippen LogP contribution in [0.5, 0.6) is 0 Å². The first-order chi connectivity index (χ1) is 27.8. The van der Waals surface area contributed by atoms with Crippen LogP contribution in [0.25, 0.3) is 38.6 Å². The van der Waals surface area contributed by atoms with Crippen LogP contribution in [-0.4, -0.2) is 10.6 Å². The molecule has 1 aromatic heterocycles. The minimum Gasteiger partial charge on any atom is -0.341 e. The van der Waals surface area contributed by atoms with E-state index in [1.54, 1.807) is 5.57 Å². The Morgan fingerprint density at radius 3 is 2.18 bits per heavy atom. The first-order valence-electron chi connectivity index (χ1n) is 20.7. The van der Waals surface area contributed by atoms with Gasteiger partial charge in [-0.2, -0.15) is 0 Å². The van der Waals surface area contributed by atoms with Gasteiger partial charge in [-0.25, -0.2) is 0 Å². The number of rotatable bonds is 6. The summed E-state index contributed by atoms with van der Waals surface area (Å²) in [5, 5.41) is 2.67. The lowest BCUT2D eigenvalue weighted by molar-refractivity contribution is 0.534. The van der Waals surface area contributed by atoms with Crippen LogP contribution < -0.4 is 4.90 Å². The van der Waals surface area contributed by atoms with E-state index in [0.29, 0.717) is 17.9 Å². The van der Waals surface area contributed by atoms with E-state index in [-0.39, 0.29) is 0 Å². The number of para-hydroxylation sites is 2. The third-order valence-corrected chi connectivity index (χ3v) is 13.1. The molecule has 1 aliphatic heterocycles. The van der Waals surface area contributed by atoms with E-state index >= 15 is 0 Å². The second-order valence-corrected chi connectivity index (χ2v) is 16.2. The van der Waals surface area contributed by atoms with Crippen LogP contribution in [0.2, 0.25) is 0 Å². The molecule has 0 saturated carbocycles. The summed E-state index contributed by atoms with van der Waals surface area (Å²) in [6.07, 6.45) is 27.0. The van der Waals surface area contributed by atoms with E-state index in [0.717, 1.165) is 38.5 Å². The van der Waals surface area contributed by atoms with Gasteiger partial charge in [0.15, 0.2) is 0 Å². The van der Waals surface area contributed by atoms with Crippen LogP contribution in [0.15, 0.2) is 193 Å². The smallest absolute Gasteiger partial charge is 0.0541 e. The zero-order valence-corrected chi connectivity index (χ0v) is 31.8. The van der Waals surface area contributed by atoms with Gasteiger partial charge in [0.05, 0.1) is 11.0 Å². The molecule has 56 heavy (non-hydrogen) atoms. The molecule has 11 rings (SSSR count). The Bertz CT molecular complexity index is 2730. The van der Waals surface area contributed by atoms with E-state index in [9.17, 15) is 0 Å². The first kappa shape index (κ1) is 33.2. The molecule has 0 saturated heterocycles. The Hall–Kier alpha value is -6.12. The summed E-state index contributed by atoms with van der Waals surface area (Å²) in [4.78, 5) is 2.71. The zero-order valence-electron chi connectivity index (χ0n) is 31.8. The van der Waals surface area contributed by atoms with E-state index in [2.05, 4.69) is 185 Å². The van der Waals surface area contributed by atoms with Crippen molar-refractivity contribution in [3.8, 4) is 0 Å². The Morgan fingerprint density at radius 1 is 0.571 bits per heavy atom. The van der Waals surface area contributed by atoms with E-state index in [1.807, 2.05) is 0 Å². The molecule has 0 fully saturated rings. The average Bonchev–Trinajstić information content (AvgIpc) is 3.79. The summed E-state index contributed by atoms with van der Waals surface area (Å²) in [6, 6.07) is 47.7. The number of fused-ring (bicyclic) bond motifs is 6. The van der Waals surface area contributed by atoms with Crippen LogP contribution in [0.4, 0.5) is 5.69 Å². The van der Waals surface area contributed by atoms with Crippen LogP contribution >= 0.6 is 0 Å². The van der Waals surface area contributed by atoms with Crippen LogP contribution in [-0.2, 0) is 0 Å². The molecule has 2 heterocycles. The van der Waals surface area contributed by atoms with Gasteiger partial charge >= 0.3 is 0 Å². The second-order valence-electron chi connectivity index (χ2n) is 16.2. The summed E-state index contributed by atoms with van der Waals surface area (Å²) >= 11 is 0. The Morgan fingerprint density at radius 2 is 1.34 bits per heavy atom. The van der Waals surface area contributed by atoms with Crippen molar-refractivity contribution in [2.24, 2.45) is 0 Å². The van der Waals surface area contributed by atoms with Crippen LogP contribution in [0.1, 0.15) is 79.0 Å². The summed E-state index contributed by atoms with van der Waals surface area (Å²) in [5.41, 5.74) is 18.2. The molecule has 0 amide bonds. The number of hydrogen-bond donors (Lipinski definition) is 0. The van der Waals surface area contributed by atoms with E-state index < -0.39 is 0 Å². The van der Waals surface area contributed by atoms with Crippen molar-refractivity contribution < 1.29 is 0 Å². The van der Waals surface area contributed by atoms with E-state index in [4.69, 9.17) is 0 Å². The summed E-state index contributed by atoms with van der Waals surface area (Å²) < 4.78 is 2.49. The number of aromatic nitrogens is 1. The fraction of sp³-hybridized carbons (Fsp3) is 0.185. The van der Waals surface area contributed by atoms with Crippen molar-refractivity contribution in [2.45, 2.75) is 62.8 Å². The van der Waals surface area contributed by atoms with Crippen LogP contribution in [0.3, 0.4) is 0 Å². The Balaban J connectivity index is 0.881. The fourth-order valence-electron chi connectivity index (χ4n) is 10.4. The minimum atomic E-state index is 0.351. The van der Waals surface area contributed by atoms with Crippen molar-refractivity contribution in [3.63, 3.8) is 0 Å². The summed E-state index contributed by atoms with van der Waals surface area (Å²) in [6.45, 7) is 0. The number of anilines is 1. The molecule has 0 bridgehead atoms. The normalized spacial score (nSPS) is 21.8. The lowest BCUT2D eigenvalue weighted by Crippen LogP contribution is -2.35. The predicted molar refractivity (Wildman–Crippen MR) is 236 cm³/mol. The van der Waals surface area contributed by atoms with Gasteiger partial charge < -0.3 is 9.47 Å². The molecule has 272 valence electrons. The maximum absolute atomic E-state index is 2.71. The minimum absolute atomic E-state index is 0.351. The number of nitrogens with zero attached hydrogens (tertiary/aromatic N) is 2. The van der Waals surface area contributed by atoms with Gasteiger partial charge in [0.25, 0.3) is 0 Å². The average molecular weight is 723 g/mol. The van der Waals surface area contributed by atoms with Crippen molar-refractivity contribution in [3.05, 3.63) is 215 Å². The number of hydrogen-bond acceptors (Lipinski definition) is 1. The van der Waals surface area contributed by atoms with Crippen LogP contribution in [0, 0.1) is 0 Å². The SMILES string of the molecule is C1=CC(c2ccc3c(c2)c2ccccc2n3C2=CCCC(c3ccccc3)=C2)CC(C2=CC3c4ccccc4N(C4=CC=C(c5ccccc5)CC4)C3CC2)=C1. The second kappa shape index (κ2) is 13.9. The third kappa shape index (κ3) is 5.70. The monoisotopic (exact) mass is 722 g/mol. The Kier molecular flexibility index (Phi) is 8.23. The molecule has 3 atom stereocenters. The number of benzene rings is 5. The van der Waals surface area contributed by atoms with Gasteiger partial charge in [0, 0.05) is 45.7 Å². The lowest BCUT2D eigenvalue weighted by Gasteiger charge is -2.36. The molecule has 4 aliphatic carbocycles. The molecule has 6 aromatic rings. The third-order valence-electron chi connectivity index (χ3n) is 13.1. The van der Waals surface area contributed by atoms with Gasteiger partial charge in [-0.1, -0.05) is 140 Å². The molecule has 5 aromatic carbocycles. The molecular weight excluding hydrogens is 677 g/mol. The first-order valence-corrected chi connectivity index (χ1v) is 20.7. The highest BCUT2D eigenvalue weighted by molar-refractivity contribution is 6.11. The largest absolute Gasteiger partial charge is 0.341 e. The topological polar surface area (TPSA) is 8.17 Å². The highest BCUT2D eigenvalue weighted by Crippen LogP contribution is 2.51. The van der Waals surface area contributed by atoms with Crippen molar-refractivity contribution in [1.29, 1.82) is 0 Å². The van der Waals surface area contributed by atoms with Gasteiger partial charge in [-0.15, -0.1) is 0 Å². The van der Waals surface area contributed by atoms with Crippen molar-refractivity contribution in [1.82, 2.24) is 4.57 Å². The van der Waals surface area contributed by atoms with Gasteiger partial charge in [-0.3, -0.25) is 0 Å². The lowest BCUT2D eigenvalue weighted by atomic mass is 9.77. The number of allylic oxidation sites excluding steroid dienone is 13. The standard InChI is InChI=1S/C54H46N2/c1-3-13-37(14-4-1)39-25-29-45(30-26-39)55-51-23-9-7-21-47(51)49-35-43(27-31-53(49)55)40-17-11-18-41(33-40)44-28-32-54-50(36-44)48-22-8-10-24-52(48)56(54)46-20-12-19-42(34-46)38-15-5-2-6-16-38/h1-11,13-18,20-25,28-29,32,34-36,41,49,53H,12,19,26-27,30-31,33H2. The molecule has 2 heteroatoms. The summed E-state index contributed by atoms with van der Waals surface area (Å²) in [7, 11) is 0. The van der Waals surface area contributed by atoms with Gasteiger partial charge in [0.2, 0.25) is 0 Å². The maximum atomic E-state index is 2.71.